The summed E-state index contributed by atoms with van der Waals surface area (Å²) in [6.07, 6.45) is 3.49. The zero-order valence-corrected chi connectivity index (χ0v) is 8.13. The van der Waals surface area contributed by atoms with Gasteiger partial charge in [-0.2, -0.15) is 0 Å². The summed E-state index contributed by atoms with van der Waals surface area (Å²) in [4.78, 5) is 0. The lowest BCUT2D eigenvalue weighted by Gasteiger charge is -2.00. The molecule has 0 aliphatic rings. The van der Waals surface area contributed by atoms with Crippen molar-refractivity contribution in [2.75, 3.05) is 0 Å². The Hall–Kier alpha value is -0.790. The van der Waals surface area contributed by atoms with Gasteiger partial charge in [0, 0.05) is 12.5 Å². The molecule has 0 bridgehead atoms. The normalized spacial score (nSPS) is 11.0. The van der Waals surface area contributed by atoms with Crippen LogP contribution in [0.4, 0.5) is 0 Å². The first kappa shape index (κ1) is 9.30. The third kappa shape index (κ3) is 3.07. The Balaban J connectivity index is 2.24. The van der Waals surface area contributed by atoms with Crippen molar-refractivity contribution < 1.29 is 4.52 Å². The van der Waals surface area contributed by atoms with Crippen molar-refractivity contribution in [2.24, 2.45) is 5.92 Å². The van der Waals surface area contributed by atoms with Gasteiger partial charge in [-0.3, -0.25) is 0 Å². The molecule has 0 atom stereocenters. The molecule has 0 aliphatic heterocycles. The molecule has 1 heterocycles. The van der Waals surface area contributed by atoms with E-state index in [0.717, 1.165) is 23.8 Å². The van der Waals surface area contributed by atoms with Crippen molar-refractivity contribution in [3.8, 4) is 0 Å². The van der Waals surface area contributed by atoms with Crippen LogP contribution in [0.15, 0.2) is 10.6 Å². The minimum absolute atomic E-state index is 0.786. The number of aryl methyl sites for hydroxylation is 2. The Morgan fingerprint density at radius 1 is 1.50 bits per heavy atom. The summed E-state index contributed by atoms with van der Waals surface area (Å²) in [6, 6.07) is 2.01. The van der Waals surface area contributed by atoms with E-state index in [1.807, 2.05) is 13.0 Å². The molecule has 1 rings (SSSR count). The minimum Gasteiger partial charge on any atom is -0.361 e. The summed E-state index contributed by atoms with van der Waals surface area (Å²) in [5.74, 6) is 1.81. The summed E-state index contributed by atoms with van der Waals surface area (Å²) >= 11 is 0. The molecule has 0 aliphatic carbocycles. The van der Waals surface area contributed by atoms with Crippen molar-refractivity contribution in [2.45, 2.75) is 40.0 Å². The van der Waals surface area contributed by atoms with Gasteiger partial charge in [-0.05, 0) is 19.3 Å². The van der Waals surface area contributed by atoms with Gasteiger partial charge < -0.3 is 4.52 Å². The standard InChI is InChI=1S/C10H17NO/c1-8(2)5-4-6-10-7-9(3)11-12-10/h7-8H,4-6H2,1-3H3. The van der Waals surface area contributed by atoms with E-state index in [1.54, 1.807) is 0 Å². The predicted molar refractivity (Wildman–Crippen MR) is 49.0 cm³/mol. The first-order valence-electron chi connectivity index (χ1n) is 4.60. The third-order valence-electron chi connectivity index (χ3n) is 1.88. The zero-order valence-electron chi connectivity index (χ0n) is 8.13. The van der Waals surface area contributed by atoms with Gasteiger partial charge in [0.05, 0.1) is 5.69 Å². The predicted octanol–water partition coefficient (Wildman–Crippen LogP) is 2.96. The van der Waals surface area contributed by atoms with Crippen LogP contribution in [0.1, 0.15) is 38.1 Å². The summed E-state index contributed by atoms with van der Waals surface area (Å²) in [6.45, 7) is 6.44. The number of rotatable bonds is 4. The summed E-state index contributed by atoms with van der Waals surface area (Å²) in [7, 11) is 0. The highest BCUT2D eigenvalue weighted by atomic mass is 16.5. The molecular weight excluding hydrogens is 150 g/mol. The van der Waals surface area contributed by atoms with Crippen LogP contribution >= 0.6 is 0 Å². The Kier molecular flexibility index (Phi) is 3.32. The first-order valence-corrected chi connectivity index (χ1v) is 4.60. The SMILES string of the molecule is Cc1cc(CCCC(C)C)on1. The van der Waals surface area contributed by atoms with Crippen molar-refractivity contribution >= 4 is 0 Å². The van der Waals surface area contributed by atoms with Crippen molar-refractivity contribution in [1.82, 2.24) is 5.16 Å². The van der Waals surface area contributed by atoms with E-state index in [4.69, 9.17) is 4.52 Å². The second-order valence-corrected chi connectivity index (χ2v) is 3.72. The largest absolute Gasteiger partial charge is 0.361 e. The van der Waals surface area contributed by atoms with Gasteiger partial charge in [-0.15, -0.1) is 0 Å². The number of hydrogen-bond acceptors (Lipinski definition) is 2. The maximum absolute atomic E-state index is 5.10. The Morgan fingerprint density at radius 2 is 2.25 bits per heavy atom. The lowest BCUT2D eigenvalue weighted by atomic mass is 10.1. The lowest BCUT2D eigenvalue weighted by molar-refractivity contribution is 0.372. The van der Waals surface area contributed by atoms with Crippen LogP contribution in [-0.4, -0.2) is 5.16 Å². The summed E-state index contributed by atoms with van der Waals surface area (Å²) in [5.41, 5.74) is 0.981. The molecule has 0 unspecified atom stereocenters. The van der Waals surface area contributed by atoms with Crippen molar-refractivity contribution in [3.05, 3.63) is 17.5 Å². The van der Waals surface area contributed by atoms with Crippen molar-refractivity contribution in [3.63, 3.8) is 0 Å². The van der Waals surface area contributed by atoms with Crippen LogP contribution < -0.4 is 0 Å². The summed E-state index contributed by atoms with van der Waals surface area (Å²) < 4.78 is 5.10. The molecule has 1 aromatic heterocycles. The molecular formula is C10H17NO. The van der Waals surface area contributed by atoms with Crippen LogP contribution in [0.3, 0.4) is 0 Å². The second kappa shape index (κ2) is 4.29. The lowest BCUT2D eigenvalue weighted by Crippen LogP contribution is -1.89. The van der Waals surface area contributed by atoms with Gasteiger partial charge in [0.15, 0.2) is 0 Å². The van der Waals surface area contributed by atoms with Crippen LogP contribution in [0, 0.1) is 12.8 Å². The molecule has 68 valence electrons. The number of aromatic nitrogens is 1. The van der Waals surface area contributed by atoms with Crippen LogP contribution in [0.25, 0.3) is 0 Å². The van der Waals surface area contributed by atoms with Gasteiger partial charge in [-0.25, -0.2) is 0 Å². The topological polar surface area (TPSA) is 26.0 Å². The van der Waals surface area contributed by atoms with E-state index in [9.17, 15) is 0 Å². The number of hydrogen-bond donors (Lipinski definition) is 0. The molecule has 0 saturated heterocycles. The Labute approximate surface area is 74.0 Å². The van der Waals surface area contributed by atoms with E-state index in [2.05, 4.69) is 19.0 Å². The van der Waals surface area contributed by atoms with E-state index in [-0.39, 0.29) is 0 Å². The number of nitrogens with zero attached hydrogens (tertiary/aromatic N) is 1. The van der Waals surface area contributed by atoms with Crippen LogP contribution in [-0.2, 0) is 6.42 Å². The molecule has 0 fully saturated rings. The van der Waals surface area contributed by atoms with E-state index in [0.29, 0.717) is 0 Å². The van der Waals surface area contributed by atoms with Gasteiger partial charge >= 0.3 is 0 Å². The Morgan fingerprint density at radius 3 is 2.75 bits per heavy atom. The Bertz CT molecular complexity index is 227. The molecule has 1 aromatic rings. The molecule has 12 heavy (non-hydrogen) atoms. The maximum Gasteiger partial charge on any atom is 0.136 e. The molecule has 0 aromatic carbocycles. The molecule has 2 heteroatoms. The van der Waals surface area contributed by atoms with Crippen LogP contribution in [0.2, 0.25) is 0 Å². The van der Waals surface area contributed by atoms with Gasteiger partial charge in [0.25, 0.3) is 0 Å². The highest BCUT2D eigenvalue weighted by Gasteiger charge is 2.00. The van der Waals surface area contributed by atoms with E-state index < -0.39 is 0 Å². The van der Waals surface area contributed by atoms with Gasteiger partial charge in [-0.1, -0.05) is 25.4 Å². The molecule has 0 N–H and O–H groups in total. The molecule has 0 spiro atoms. The molecule has 0 amide bonds. The highest BCUT2D eigenvalue weighted by Crippen LogP contribution is 2.10. The fourth-order valence-electron chi connectivity index (χ4n) is 1.22. The molecule has 2 nitrogen and oxygen atoms in total. The monoisotopic (exact) mass is 167 g/mol. The van der Waals surface area contributed by atoms with E-state index >= 15 is 0 Å². The first-order chi connectivity index (χ1) is 5.68. The molecule has 0 radical (unpaired) electrons. The summed E-state index contributed by atoms with van der Waals surface area (Å²) in [5, 5.41) is 3.84. The van der Waals surface area contributed by atoms with Crippen LogP contribution in [0.5, 0.6) is 0 Å². The fourth-order valence-corrected chi connectivity index (χ4v) is 1.22. The van der Waals surface area contributed by atoms with Gasteiger partial charge in [0.2, 0.25) is 0 Å². The van der Waals surface area contributed by atoms with Crippen molar-refractivity contribution in [1.29, 1.82) is 0 Å². The zero-order chi connectivity index (χ0) is 8.97. The van der Waals surface area contributed by atoms with Gasteiger partial charge in [0.1, 0.15) is 5.76 Å². The highest BCUT2D eigenvalue weighted by molar-refractivity contribution is 5.02. The smallest absolute Gasteiger partial charge is 0.136 e. The second-order valence-electron chi connectivity index (χ2n) is 3.72. The third-order valence-corrected chi connectivity index (χ3v) is 1.88. The average molecular weight is 167 g/mol. The minimum atomic E-state index is 0.786. The fraction of sp³-hybridized carbons (Fsp3) is 0.700. The quantitative estimate of drug-likeness (QED) is 0.689. The maximum atomic E-state index is 5.10. The molecule has 0 saturated carbocycles. The van der Waals surface area contributed by atoms with E-state index in [1.165, 1.54) is 12.8 Å². The average Bonchev–Trinajstić information content (AvgIpc) is 2.35.